The fourth-order valence-electron chi connectivity index (χ4n) is 3.68. The Kier molecular flexibility index (Phi) is 6.69. The number of Topliss-reactive ketones (excluding diaryl/α,β-unsaturated/α-hetero) is 1. The molecule has 0 spiro atoms. The van der Waals surface area contributed by atoms with Crippen LogP contribution in [0.4, 0.5) is 5.82 Å². The number of anilines is 1. The van der Waals surface area contributed by atoms with Gasteiger partial charge in [0, 0.05) is 50.0 Å². The molecule has 3 aromatic rings. The minimum Gasteiger partial charge on any atom is -0.354 e. The van der Waals surface area contributed by atoms with Crippen molar-refractivity contribution in [3.8, 4) is 0 Å². The molecule has 4 rings (SSSR count). The number of hydrogen-bond donors (Lipinski definition) is 1. The first kappa shape index (κ1) is 20.8. The molecule has 1 saturated heterocycles. The molecule has 0 atom stereocenters. The second-order valence-electron chi connectivity index (χ2n) is 7.62. The zero-order valence-corrected chi connectivity index (χ0v) is 17.4. The SMILES string of the molecule is O=C(CNC(=O)c1ccc(CN2CCN(c3ccccn3)CC2)cc1)c1ccccc1. The Bertz CT molecular complexity index is 999. The van der Waals surface area contributed by atoms with Gasteiger partial charge in [-0.05, 0) is 29.8 Å². The number of hydrogen-bond acceptors (Lipinski definition) is 5. The van der Waals surface area contributed by atoms with Crippen molar-refractivity contribution in [2.75, 3.05) is 37.6 Å². The Labute approximate surface area is 182 Å². The van der Waals surface area contributed by atoms with Crippen LogP contribution < -0.4 is 10.2 Å². The second-order valence-corrected chi connectivity index (χ2v) is 7.62. The Balaban J connectivity index is 1.25. The molecule has 6 heteroatoms. The summed E-state index contributed by atoms with van der Waals surface area (Å²) in [5, 5.41) is 2.71. The molecule has 0 saturated carbocycles. The maximum absolute atomic E-state index is 12.4. The van der Waals surface area contributed by atoms with Crippen LogP contribution in [-0.4, -0.2) is 54.3 Å². The number of aromatic nitrogens is 1. The van der Waals surface area contributed by atoms with Gasteiger partial charge in [-0.15, -0.1) is 0 Å². The van der Waals surface area contributed by atoms with E-state index in [0.29, 0.717) is 11.1 Å². The van der Waals surface area contributed by atoms with Gasteiger partial charge in [-0.25, -0.2) is 4.98 Å². The maximum atomic E-state index is 12.4. The first-order chi connectivity index (χ1) is 15.2. The van der Waals surface area contributed by atoms with Crippen LogP contribution in [0, 0.1) is 0 Å². The summed E-state index contributed by atoms with van der Waals surface area (Å²) in [6.45, 7) is 4.69. The molecule has 31 heavy (non-hydrogen) atoms. The van der Waals surface area contributed by atoms with Gasteiger partial charge in [-0.2, -0.15) is 0 Å². The van der Waals surface area contributed by atoms with Crippen molar-refractivity contribution in [1.29, 1.82) is 0 Å². The zero-order valence-electron chi connectivity index (χ0n) is 17.4. The maximum Gasteiger partial charge on any atom is 0.251 e. The van der Waals surface area contributed by atoms with Crippen molar-refractivity contribution in [3.63, 3.8) is 0 Å². The lowest BCUT2D eigenvalue weighted by molar-refractivity contribution is 0.0904. The number of piperazine rings is 1. The fourth-order valence-corrected chi connectivity index (χ4v) is 3.68. The summed E-state index contributed by atoms with van der Waals surface area (Å²) < 4.78 is 0. The van der Waals surface area contributed by atoms with E-state index in [0.717, 1.165) is 38.5 Å². The van der Waals surface area contributed by atoms with Crippen LogP contribution in [-0.2, 0) is 6.54 Å². The predicted molar refractivity (Wildman–Crippen MR) is 121 cm³/mol. The second kappa shape index (κ2) is 10.00. The number of amides is 1. The standard InChI is InChI=1S/C25H26N4O2/c30-23(21-6-2-1-3-7-21)18-27-25(31)22-11-9-20(10-12-22)19-28-14-16-29(17-15-28)24-8-4-5-13-26-24/h1-13H,14-19H2,(H,27,31). The lowest BCUT2D eigenvalue weighted by Crippen LogP contribution is -2.46. The molecule has 6 nitrogen and oxygen atoms in total. The van der Waals surface area contributed by atoms with E-state index in [1.165, 1.54) is 5.56 Å². The molecule has 1 aromatic heterocycles. The molecular weight excluding hydrogens is 388 g/mol. The predicted octanol–water partition coefficient (Wildman–Crippen LogP) is 3.02. The molecule has 0 bridgehead atoms. The summed E-state index contributed by atoms with van der Waals surface area (Å²) >= 11 is 0. The van der Waals surface area contributed by atoms with Crippen LogP contribution >= 0.6 is 0 Å². The van der Waals surface area contributed by atoms with Crippen molar-refractivity contribution < 1.29 is 9.59 Å². The molecule has 158 valence electrons. The smallest absolute Gasteiger partial charge is 0.251 e. The van der Waals surface area contributed by atoms with E-state index in [-0.39, 0.29) is 18.2 Å². The monoisotopic (exact) mass is 414 g/mol. The highest BCUT2D eigenvalue weighted by Gasteiger charge is 2.18. The number of nitrogens with one attached hydrogen (secondary N) is 1. The Morgan fingerprint density at radius 3 is 2.19 bits per heavy atom. The Morgan fingerprint density at radius 2 is 1.52 bits per heavy atom. The first-order valence-electron chi connectivity index (χ1n) is 10.5. The highest BCUT2D eigenvalue weighted by atomic mass is 16.2. The molecule has 2 aromatic carbocycles. The average Bonchev–Trinajstić information content (AvgIpc) is 2.84. The van der Waals surface area contributed by atoms with Crippen molar-refractivity contribution in [1.82, 2.24) is 15.2 Å². The fraction of sp³-hybridized carbons (Fsp3) is 0.240. The molecule has 2 heterocycles. The summed E-state index contributed by atoms with van der Waals surface area (Å²) in [6.07, 6.45) is 1.83. The van der Waals surface area contributed by atoms with Crippen molar-refractivity contribution in [2.24, 2.45) is 0 Å². The lowest BCUT2D eigenvalue weighted by atomic mass is 10.1. The number of rotatable bonds is 7. The molecular formula is C25H26N4O2. The molecule has 1 aliphatic rings. The number of benzene rings is 2. The van der Waals surface area contributed by atoms with E-state index in [1.54, 1.807) is 12.1 Å². The number of ketones is 1. The summed E-state index contributed by atoms with van der Waals surface area (Å²) in [7, 11) is 0. The van der Waals surface area contributed by atoms with Gasteiger partial charge in [0.1, 0.15) is 5.82 Å². The molecule has 0 aliphatic carbocycles. The summed E-state index contributed by atoms with van der Waals surface area (Å²) in [5.74, 6) is 0.693. The number of pyridine rings is 1. The van der Waals surface area contributed by atoms with Crippen molar-refractivity contribution >= 4 is 17.5 Å². The van der Waals surface area contributed by atoms with Gasteiger partial charge in [0.2, 0.25) is 0 Å². The van der Waals surface area contributed by atoms with E-state index in [9.17, 15) is 9.59 Å². The van der Waals surface area contributed by atoms with Crippen LogP contribution in [0.5, 0.6) is 0 Å². The minimum atomic E-state index is -0.236. The van der Waals surface area contributed by atoms with Gasteiger partial charge in [0.15, 0.2) is 5.78 Å². The van der Waals surface area contributed by atoms with Gasteiger partial charge in [-0.3, -0.25) is 14.5 Å². The minimum absolute atomic E-state index is 0.00878. The third-order valence-corrected chi connectivity index (χ3v) is 5.47. The normalized spacial score (nSPS) is 14.3. The molecule has 0 radical (unpaired) electrons. The van der Waals surface area contributed by atoms with Gasteiger partial charge < -0.3 is 10.2 Å². The quantitative estimate of drug-likeness (QED) is 0.602. The molecule has 1 aliphatic heterocycles. The summed E-state index contributed by atoms with van der Waals surface area (Å²) in [4.78, 5) is 33.7. The van der Waals surface area contributed by atoms with Gasteiger partial charge in [0.05, 0.1) is 6.54 Å². The van der Waals surface area contributed by atoms with E-state index >= 15 is 0 Å². The van der Waals surface area contributed by atoms with E-state index in [2.05, 4.69) is 20.1 Å². The van der Waals surface area contributed by atoms with Crippen molar-refractivity contribution in [2.45, 2.75) is 6.54 Å². The Hall–Kier alpha value is -3.51. The number of nitrogens with zero attached hydrogens (tertiary/aromatic N) is 3. The zero-order chi connectivity index (χ0) is 21.5. The van der Waals surface area contributed by atoms with Crippen LogP contribution in [0.25, 0.3) is 0 Å². The largest absolute Gasteiger partial charge is 0.354 e. The number of carbonyl (C=O) groups excluding carboxylic acids is 2. The topological polar surface area (TPSA) is 65.5 Å². The first-order valence-corrected chi connectivity index (χ1v) is 10.5. The van der Waals surface area contributed by atoms with Gasteiger partial charge >= 0.3 is 0 Å². The van der Waals surface area contributed by atoms with E-state index < -0.39 is 0 Å². The third kappa shape index (κ3) is 5.55. The number of carbonyl (C=O) groups is 2. The van der Waals surface area contributed by atoms with Gasteiger partial charge in [-0.1, -0.05) is 48.5 Å². The van der Waals surface area contributed by atoms with Crippen molar-refractivity contribution in [3.05, 3.63) is 95.7 Å². The molecule has 0 unspecified atom stereocenters. The highest BCUT2D eigenvalue weighted by molar-refractivity contribution is 6.02. The third-order valence-electron chi connectivity index (χ3n) is 5.47. The van der Waals surface area contributed by atoms with Crippen LogP contribution in [0.15, 0.2) is 79.0 Å². The summed E-state index contributed by atoms with van der Waals surface area (Å²) in [5.41, 5.74) is 2.33. The lowest BCUT2D eigenvalue weighted by Gasteiger charge is -2.35. The average molecular weight is 415 g/mol. The van der Waals surface area contributed by atoms with E-state index in [4.69, 9.17) is 0 Å². The Morgan fingerprint density at radius 1 is 0.806 bits per heavy atom. The van der Waals surface area contributed by atoms with Gasteiger partial charge in [0.25, 0.3) is 5.91 Å². The molecule has 1 amide bonds. The van der Waals surface area contributed by atoms with Crippen LogP contribution in [0.1, 0.15) is 26.3 Å². The molecule has 1 fully saturated rings. The summed E-state index contributed by atoms with van der Waals surface area (Å²) in [6, 6.07) is 22.6. The van der Waals surface area contributed by atoms with Crippen LogP contribution in [0.3, 0.4) is 0 Å². The molecule has 1 N–H and O–H groups in total. The van der Waals surface area contributed by atoms with Crippen LogP contribution in [0.2, 0.25) is 0 Å². The van der Waals surface area contributed by atoms with E-state index in [1.807, 2.05) is 66.9 Å². The highest BCUT2D eigenvalue weighted by Crippen LogP contribution is 2.15.